The van der Waals surface area contributed by atoms with E-state index in [1.165, 1.54) is 18.5 Å². The summed E-state index contributed by atoms with van der Waals surface area (Å²) in [5.41, 5.74) is 7.35. The van der Waals surface area contributed by atoms with Gasteiger partial charge in [0.25, 0.3) is 5.91 Å². The molecular formula is C23H34N6O4SSi. The number of hydrogen-bond donors (Lipinski definition) is 2. The van der Waals surface area contributed by atoms with Crippen molar-refractivity contribution in [1.82, 2.24) is 19.5 Å². The van der Waals surface area contributed by atoms with Gasteiger partial charge in [0, 0.05) is 38.7 Å². The lowest BCUT2D eigenvalue weighted by atomic mass is 9.91. The Hall–Kier alpha value is -2.83. The fourth-order valence-corrected chi connectivity index (χ4v) is 4.69. The van der Waals surface area contributed by atoms with Gasteiger partial charge in [-0.15, -0.1) is 0 Å². The maximum atomic E-state index is 12.2. The topological polar surface area (TPSA) is 142 Å². The number of nitrogens with two attached hydrogens (primary N) is 1. The van der Waals surface area contributed by atoms with Crippen molar-refractivity contribution in [1.29, 1.82) is 0 Å². The van der Waals surface area contributed by atoms with Crippen molar-refractivity contribution in [3.8, 4) is 0 Å². The van der Waals surface area contributed by atoms with Crippen LogP contribution in [0.2, 0.25) is 25.7 Å². The molecule has 0 radical (unpaired) electrons. The van der Waals surface area contributed by atoms with Gasteiger partial charge >= 0.3 is 0 Å². The van der Waals surface area contributed by atoms with Gasteiger partial charge in [-0.2, -0.15) is 0 Å². The molecule has 3 N–H and O–H groups in total. The Labute approximate surface area is 207 Å². The Morgan fingerprint density at radius 2 is 1.89 bits per heavy atom. The quantitative estimate of drug-likeness (QED) is 0.323. The minimum absolute atomic E-state index is 0.0771. The van der Waals surface area contributed by atoms with Gasteiger partial charge in [0.2, 0.25) is 0 Å². The number of aromatic nitrogens is 4. The van der Waals surface area contributed by atoms with Gasteiger partial charge in [-0.3, -0.25) is 9.78 Å². The lowest BCUT2D eigenvalue weighted by molar-refractivity contribution is 0.0894. The SMILES string of the molecule is CC(C)(C)c1nc2c(nc1Nc1cncc(S(C)(=O)=O)c1)c(C(N)=O)cn2COCC[Si](C)(C)C. The molecule has 3 heterocycles. The summed E-state index contributed by atoms with van der Waals surface area (Å²) in [6.07, 6.45) is 5.52. The Bertz CT molecular complexity index is 1360. The lowest BCUT2D eigenvalue weighted by Gasteiger charge is -2.22. The van der Waals surface area contributed by atoms with E-state index >= 15 is 0 Å². The average Bonchev–Trinajstić information content (AvgIpc) is 3.07. The Balaban J connectivity index is 2.08. The number of sulfone groups is 1. The molecule has 0 aliphatic rings. The van der Waals surface area contributed by atoms with Crippen molar-refractivity contribution < 1.29 is 17.9 Å². The highest BCUT2D eigenvalue weighted by Crippen LogP contribution is 2.32. The first kappa shape index (κ1) is 26.8. The number of nitrogens with one attached hydrogen (secondary N) is 1. The van der Waals surface area contributed by atoms with E-state index in [0.717, 1.165) is 12.3 Å². The molecule has 0 bridgehead atoms. The van der Waals surface area contributed by atoms with Gasteiger partial charge in [0.15, 0.2) is 21.3 Å². The highest BCUT2D eigenvalue weighted by Gasteiger charge is 2.26. The van der Waals surface area contributed by atoms with Crippen molar-refractivity contribution >= 4 is 46.5 Å². The number of ether oxygens (including phenoxy) is 1. The predicted molar refractivity (Wildman–Crippen MR) is 139 cm³/mol. The van der Waals surface area contributed by atoms with Gasteiger partial charge in [-0.05, 0) is 12.1 Å². The lowest BCUT2D eigenvalue weighted by Crippen LogP contribution is -2.22. The third-order valence-electron chi connectivity index (χ3n) is 5.30. The van der Waals surface area contributed by atoms with Crippen LogP contribution in [0.1, 0.15) is 36.8 Å². The van der Waals surface area contributed by atoms with Crippen LogP contribution in [0.4, 0.5) is 11.5 Å². The number of hydrogen-bond acceptors (Lipinski definition) is 8. The molecule has 0 saturated heterocycles. The number of carbonyl (C=O) groups is 1. The molecule has 190 valence electrons. The maximum absolute atomic E-state index is 12.2. The molecule has 1 amide bonds. The minimum atomic E-state index is -3.44. The van der Waals surface area contributed by atoms with Crippen LogP contribution >= 0.6 is 0 Å². The fourth-order valence-electron chi connectivity index (χ4n) is 3.34. The van der Waals surface area contributed by atoms with Crippen LogP contribution in [0.3, 0.4) is 0 Å². The summed E-state index contributed by atoms with van der Waals surface area (Å²) < 4.78 is 31.6. The van der Waals surface area contributed by atoms with Crippen LogP contribution in [-0.4, -0.2) is 54.8 Å². The van der Waals surface area contributed by atoms with Crippen LogP contribution in [0.25, 0.3) is 11.2 Å². The Kier molecular flexibility index (Phi) is 7.39. The largest absolute Gasteiger partial charge is 0.365 e. The van der Waals surface area contributed by atoms with E-state index in [0.29, 0.717) is 35.0 Å². The summed E-state index contributed by atoms with van der Waals surface area (Å²) in [5.74, 6) is -0.238. The molecule has 0 spiro atoms. The number of amides is 1. The summed E-state index contributed by atoms with van der Waals surface area (Å²) >= 11 is 0. The standard InChI is InChI=1S/C23H34N6O4SSi/c1-23(2,3)19-21(26-15-10-16(12-25-11-15)34(4,31)32)27-18-17(20(24)30)13-29(22(18)28-19)14-33-8-9-35(5,6)7/h10-13H,8-9,14H2,1-7H3,(H2,24,30)(H,26,27). The molecule has 3 rings (SSSR count). The summed E-state index contributed by atoms with van der Waals surface area (Å²) in [6, 6.07) is 2.50. The zero-order chi connectivity index (χ0) is 26.2. The number of carbonyl (C=O) groups excluding carboxylic acids is 1. The van der Waals surface area contributed by atoms with Crippen molar-refractivity contribution in [2.24, 2.45) is 5.73 Å². The van der Waals surface area contributed by atoms with Gasteiger partial charge in [0.05, 0.1) is 28.0 Å². The third kappa shape index (κ3) is 6.64. The van der Waals surface area contributed by atoms with Crippen molar-refractivity contribution in [3.05, 3.63) is 35.9 Å². The smallest absolute Gasteiger partial charge is 0.252 e. The van der Waals surface area contributed by atoms with Crippen LogP contribution < -0.4 is 11.1 Å². The van der Waals surface area contributed by atoms with E-state index in [9.17, 15) is 13.2 Å². The number of rotatable bonds is 9. The number of fused-ring (bicyclic) bond motifs is 1. The normalized spacial score (nSPS) is 12.8. The first-order valence-corrected chi connectivity index (χ1v) is 16.9. The maximum Gasteiger partial charge on any atom is 0.252 e. The molecule has 0 atom stereocenters. The number of anilines is 2. The van der Waals surface area contributed by atoms with Gasteiger partial charge in [-0.25, -0.2) is 18.4 Å². The molecule has 0 aliphatic heterocycles. The van der Waals surface area contributed by atoms with Crippen molar-refractivity contribution in [2.75, 3.05) is 18.2 Å². The highest BCUT2D eigenvalue weighted by molar-refractivity contribution is 7.90. The fraction of sp³-hybridized carbons (Fsp3) is 0.478. The van der Waals surface area contributed by atoms with E-state index in [1.54, 1.807) is 10.8 Å². The monoisotopic (exact) mass is 518 g/mol. The van der Waals surface area contributed by atoms with E-state index in [2.05, 4.69) is 29.9 Å². The zero-order valence-corrected chi connectivity index (χ0v) is 23.2. The molecule has 0 unspecified atom stereocenters. The second-order valence-electron chi connectivity index (χ2n) is 10.9. The van der Waals surface area contributed by atoms with E-state index in [4.69, 9.17) is 20.4 Å². The third-order valence-corrected chi connectivity index (χ3v) is 8.08. The van der Waals surface area contributed by atoms with Crippen LogP contribution in [0.15, 0.2) is 29.6 Å². The number of pyridine rings is 1. The van der Waals surface area contributed by atoms with Crippen molar-refractivity contribution in [2.45, 2.75) is 63.5 Å². The Morgan fingerprint density at radius 1 is 1.20 bits per heavy atom. The van der Waals surface area contributed by atoms with E-state index in [1.807, 2.05) is 20.8 Å². The summed E-state index contributed by atoms with van der Waals surface area (Å²) in [4.78, 5) is 25.9. The molecular weight excluding hydrogens is 484 g/mol. The number of nitrogens with zero attached hydrogens (tertiary/aromatic N) is 4. The van der Waals surface area contributed by atoms with Gasteiger partial charge < -0.3 is 20.4 Å². The average molecular weight is 519 g/mol. The molecule has 12 heteroatoms. The van der Waals surface area contributed by atoms with Crippen LogP contribution in [-0.2, 0) is 26.7 Å². The first-order valence-electron chi connectivity index (χ1n) is 11.3. The minimum Gasteiger partial charge on any atom is -0.365 e. The summed E-state index contributed by atoms with van der Waals surface area (Å²) in [5, 5.41) is 3.14. The molecule has 0 aromatic carbocycles. The predicted octanol–water partition coefficient (Wildman–Crippen LogP) is 3.68. The zero-order valence-electron chi connectivity index (χ0n) is 21.3. The molecule has 3 aromatic rings. The molecule has 0 saturated carbocycles. The number of primary amides is 1. The van der Waals surface area contributed by atoms with E-state index in [-0.39, 0.29) is 17.2 Å². The molecule has 10 nitrogen and oxygen atoms in total. The second kappa shape index (κ2) is 9.67. The van der Waals surface area contributed by atoms with Gasteiger partial charge in [-0.1, -0.05) is 40.4 Å². The van der Waals surface area contributed by atoms with Crippen LogP contribution in [0, 0.1) is 0 Å². The second-order valence-corrected chi connectivity index (χ2v) is 18.5. The molecule has 0 aliphatic carbocycles. The van der Waals surface area contributed by atoms with Crippen LogP contribution in [0.5, 0.6) is 0 Å². The summed E-state index contributed by atoms with van der Waals surface area (Å²) in [6.45, 7) is 13.7. The Morgan fingerprint density at radius 3 is 2.46 bits per heavy atom. The molecule has 0 fully saturated rings. The summed E-state index contributed by atoms with van der Waals surface area (Å²) in [7, 11) is -4.68. The van der Waals surface area contributed by atoms with Gasteiger partial charge in [0.1, 0.15) is 12.2 Å². The first-order chi connectivity index (χ1) is 16.1. The van der Waals surface area contributed by atoms with E-state index < -0.39 is 29.2 Å². The highest BCUT2D eigenvalue weighted by atomic mass is 32.2. The molecule has 35 heavy (non-hydrogen) atoms. The molecule has 3 aromatic heterocycles. The van der Waals surface area contributed by atoms with Crippen molar-refractivity contribution in [3.63, 3.8) is 0 Å².